The summed E-state index contributed by atoms with van der Waals surface area (Å²) >= 11 is 0.918. The van der Waals surface area contributed by atoms with Crippen molar-refractivity contribution in [2.24, 2.45) is 0 Å². The lowest BCUT2D eigenvalue weighted by Crippen LogP contribution is -2.46. The van der Waals surface area contributed by atoms with Crippen molar-refractivity contribution >= 4 is 54.1 Å². The topological polar surface area (TPSA) is 144 Å². The fourth-order valence-electron chi connectivity index (χ4n) is 2.70. The molecule has 0 saturated carbocycles. The van der Waals surface area contributed by atoms with Crippen LogP contribution in [0.3, 0.4) is 0 Å². The van der Waals surface area contributed by atoms with Crippen molar-refractivity contribution in [1.82, 2.24) is 10.6 Å². The van der Waals surface area contributed by atoms with Gasteiger partial charge in [0.1, 0.15) is 0 Å². The van der Waals surface area contributed by atoms with Crippen LogP contribution in [0.1, 0.15) is 5.56 Å². The second-order valence-corrected chi connectivity index (χ2v) is 8.92. The highest BCUT2D eigenvalue weighted by molar-refractivity contribution is 7.94. The van der Waals surface area contributed by atoms with Crippen LogP contribution in [0, 0.1) is 17.0 Å². The van der Waals surface area contributed by atoms with Gasteiger partial charge in [0.15, 0.2) is 5.13 Å². The van der Waals surface area contributed by atoms with E-state index in [0.29, 0.717) is 15.9 Å². The van der Waals surface area contributed by atoms with E-state index in [-0.39, 0.29) is 10.8 Å². The largest absolute Gasteiger partial charge is 0.368 e. The van der Waals surface area contributed by atoms with Crippen molar-refractivity contribution in [3.05, 3.63) is 58.1 Å². The number of hydrogen-bond donors (Lipinski definition) is 2. The lowest BCUT2D eigenvalue weighted by atomic mass is 10.2. The predicted octanol–water partition coefficient (Wildman–Crippen LogP) is 2.06. The quantitative estimate of drug-likeness (QED) is 0.454. The summed E-state index contributed by atoms with van der Waals surface area (Å²) in [5, 5.41) is 10.3. The number of benzene rings is 2. The molecule has 1 aliphatic heterocycles. The van der Waals surface area contributed by atoms with E-state index in [9.17, 15) is 23.3 Å². The van der Waals surface area contributed by atoms with Gasteiger partial charge in [-0.15, -0.1) is 0 Å². The van der Waals surface area contributed by atoms with Gasteiger partial charge in [-0.3, -0.25) is 14.8 Å². The second kappa shape index (κ2) is 6.95. The van der Waals surface area contributed by atoms with Gasteiger partial charge in [-0.2, -0.15) is 0 Å². The first-order chi connectivity index (χ1) is 13.7. The Morgan fingerprint density at radius 2 is 2.00 bits per heavy atom. The van der Waals surface area contributed by atoms with Gasteiger partial charge in [-0.05, 0) is 25.1 Å². The summed E-state index contributed by atoms with van der Waals surface area (Å²) in [6.45, 7) is 1.87. The van der Waals surface area contributed by atoms with Crippen molar-refractivity contribution in [3.63, 3.8) is 0 Å². The maximum Gasteiger partial charge on any atom is 0.368 e. The van der Waals surface area contributed by atoms with Crippen LogP contribution in [0.4, 0.5) is 16.5 Å². The molecule has 2 heterocycles. The number of nitro groups is 1. The van der Waals surface area contributed by atoms with Gasteiger partial charge in [-0.1, -0.05) is 34.6 Å². The zero-order valence-electron chi connectivity index (χ0n) is 14.7. The predicted molar refractivity (Wildman–Crippen MR) is 105 cm³/mol. The van der Waals surface area contributed by atoms with E-state index >= 15 is 0 Å². The molecule has 1 saturated heterocycles. The Morgan fingerprint density at radius 1 is 1.28 bits per heavy atom. The monoisotopic (exact) mass is 435 g/mol. The van der Waals surface area contributed by atoms with Crippen LogP contribution in [-0.2, 0) is 19.7 Å². The normalized spacial score (nSPS) is 16.8. The number of anilines is 2. The Kier molecular flexibility index (Phi) is 4.56. The highest BCUT2D eigenvalue weighted by Gasteiger charge is 2.46. The molecule has 150 valence electrons. The Labute approximate surface area is 168 Å². The minimum Gasteiger partial charge on any atom is -0.347 e. The minimum atomic E-state index is -4.29. The molecule has 1 atom stereocenters. The SMILES string of the molecule is Cc1ccc(N2NOC(=O)C2S(=O)(=O)Nc2nc3ccc([N+](=O)[O-])cc3s2)cc1. The van der Waals surface area contributed by atoms with E-state index in [0.717, 1.165) is 21.9 Å². The summed E-state index contributed by atoms with van der Waals surface area (Å²) in [5.41, 5.74) is 3.93. The summed E-state index contributed by atoms with van der Waals surface area (Å²) in [5.74, 6) is -1.00. The first-order valence-corrected chi connectivity index (χ1v) is 10.5. The molecule has 0 amide bonds. The number of hydrazine groups is 1. The van der Waals surface area contributed by atoms with Gasteiger partial charge >= 0.3 is 5.97 Å². The summed E-state index contributed by atoms with van der Waals surface area (Å²) < 4.78 is 28.5. The molecule has 0 spiro atoms. The third-order valence-electron chi connectivity index (χ3n) is 4.10. The second-order valence-electron chi connectivity index (χ2n) is 6.15. The van der Waals surface area contributed by atoms with E-state index < -0.39 is 26.3 Å². The molecule has 3 aromatic rings. The third kappa shape index (κ3) is 3.57. The highest BCUT2D eigenvalue weighted by Crippen LogP contribution is 2.31. The number of nitrogens with one attached hydrogen (secondary N) is 2. The molecule has 4 rings (SSSR count). The van der Waals surface area contributed by atoms with E-state index in [1.165, 1.54) is 18.2 Å². The number of thiazole rings is 1. The average Bonchev–Trinajstić information content (AvgIpc) is 3.24. The zero-order valence-corrected chi connectivity index (χ0v) is 16.4. The fourth-order valence-corrected chi connectivity index (χ4v) is 5.11. The summed E-state index contributed by atoms with van der Waals surface area (Å²) in [6.07, 6.45) is 0. The molecule has 1 aromatic heterocycles. The van der Waals surface area contributed by atoms with Crippen LogP contribution in [0.15, 0.2) is 42.5 Å². The first-order valence-electron chi connectivity index (χ1n) is 8.13. The fraction of sp³-hybridized carbons (Fsp3) is 0.125. The average molecular weight is 435 g/mol. The van der Waals surface area contributed by atoms with Crippen LogP contribution in [0.5, 0.6) is 0 Å². The first kappa shape index (κ1) is 19.0. The summed E-state index contributed by atoms with van der Waals surface area (Å²) in [6, 6.07) is 10.8. The standard InChI is InChI=1S/C16H13N5O6S2/c1-9-2-4-10(5-3-9)20-14(15(22)27-19-20)29(25,26)18-16-17-12-7-6-11(21(23)24)8-13(12)28-16/h2-8,14,19H,1H3,(H,17,18). The van der Waals surface area contributed by atoms with Gasteiger partial charge in [0.25, 0.3) is 21.1 Å². The number of aromatic nitrogens is 1. The van der Waals surface area contributed by atoms with E-state index in [1.807, 2.05) is 6.92 Å². The number of hydrogen-bond acceptors (Lipinski definition) is 10. The van der Waals surface area contributed by atoms with Gasteiger partial charge in [0.2, 0.25) is 0 Å². The van der Waals surface area contributed by atoms with Crippen LogP contribution in [-0.4, -0.2) is 29.7 Å². The number of non-ortho nitro benzene ring substituents is 1. The van der Waals surface area contributed by atoms with E-state index in [4.69, 9.17) is 4.84 Å². The molecule has 1 fully saturated rings. The minimum absolute atomic E-state index is 0.0240. The van der Waals surface area contributed by atoms with E-state index in [1.54, 1.807) is 24.3 Å². The molecule has 13 heteroatoms. The highest BCUT2D eigenvalue weighted by atomic mass is 32.2. The molecule has 1 aliphatic rings. The number of rotatable bonds is 5. The van der Waals surface area contributed by atoms with Gasteiger partial charge < -0.3 is 4.84 Å². The lowest BCUT2D eigenvalue weighted by Gasteiger charge is -2.21. The molecular weight excluding hydrogens is 422 g/mol. The molecule has 11 nitrogen and oxygen atoms in total. The van der Waals surface area contributed by atoms with Crippen molar-refractivity contribution < 1.29 is 23.0 Å². The number of nitro benzene ring substituents is 1. The molecular formula is C16H13N5O6S2. The van der Waals surface area contributed by atoms with Crippen LogP contribution < -0.4 is 15.3 Å². The Balaban J connectivity index is 1.64. The number of nitrogens with zero attached hydrogens (tertiary/aromatic N) is 3. The maximum absolute atomic E-state index is 12.9. The molecule has 2 N–H and O–H groups in total. The number of aryl methyl sites for hydroxylation is 1. The van der Waals surface area contributed by atoms with Crippen LogP contribution in [0.25, 0.3) is 10.2 Å². The number of sulfonamides is 1. The van der Waals surface area contributed by atoms with Crippen molar-refractivity contribution in [3.8, 4) is 0 Å². The number of fused-ring (bicyclic) bond motifs is 1. The lowest BCUT2D eigenvalue weighted by molar-refractivity contribution is -0.384. The molecule has 0 radical (unpaired) electrons. The summed E-state index contributed by atoms with van der Waals surface area (Å²) in [4.78, 5) is 31.3. The third-order valence-corrected chi connectivity index (χ3v) is 6.63. The molecule has 29 heavy (non-hydrogen) atoms. The Morgan fingerprint density at radius 3 is 2.69 bits per heavy atom. The molecule has 0 bridgehead atoms. The van der Waals surface area contributed by atoms with Crippen LogP contribution in [0.2, 0.25) is 0 Å². The van der Waals surface area contributed by atoms with Crippen molar-refractivity contribution in [1.29, 1.82) is 0 Å². The van der Waals surface area contributed by atoms with Crippen molar-refractivity contribution in [2.75, 3.05) is 9.73 Å². The van der Waals surface area contributed by atoms with E-state index in [2.05, 4.69) is 15.3 Å². The summed E-state index contributed by atoms with van der Waals surface area (Å²) in [7, 11) is -4.29. The smallest absolute Gasteiger partial charge is 0.347 e. The zero-order chi connectivity index (χ0) is 20.8. The molecule has 1 unspecified atom stereocenters. The van der Waals surface area contributed by atoms with Gasteiger partial charge in [-0.25, -0.2) is 23.2 Å². The van der Waals surface area contributed by atoms with Gasteiger partial charge in [0.05, 0.1) is 20.8 Å². The molecule has 2 aromatic carbocycles. The van der Waals surface area contributed by atoms with Gasteiger partial charge in [0, 0.05) is 12.1 Å². The number of carbonyl (C=O) groups is 1. The molecule has 0 aliphatic carbocycles. The number of carbonyl (C=O) groups excluding carboxylic acids is 1. The van der Waals surface area contributed by atoms with Crippen molar-refractivity contribution in [2.45, 2.75) is 12.3 Å². The Bertz CT molecular complexity index is 1220. The van der Waals surface area contributed by atoms with Crippen LogP contribution >= 0.6 is 11.3 Å². The maximum atomic E-state index is 12.9. The Hall–Kier alpha value is -3.29.